The topological polar surface area (TPSA) is 75.9 Å². The Bertz CT molecular complexity index is 1030. The zero-order valence-corrected chi connectivity index (χ0v) is 16.6. The fraction of sp³-hybridized carbons (Fsp3) is 0.333. The zero-order valence-electron chi connectivity index (χ0n) is 16.6. The van der Waals surface area contributed by atoms with Gasteiger partial charge in [0.25, 0.3) is 0 Å². The molecule has 3 heterocycles. The summed E-state index contributed by atoms with van der Waals surface area (Å²) in [6, 6.07) is 7.95. The second-order valence-electron chi connectivity index (χ2n) is 7.41. The molecule has 0 aliphatic carbocycles. The van der Waals surface area contributed by atoms with Crippen molar-refractivity contribution in [2.45, 2.75) is 38.8 Å². The minimum atomic E-state index is -0.592. The monoisotopic (exact) mass is 394 g/mol. The number of anilines is 2. The summed E-state index contributed by atoms with van der Waals surface area (Å²) in [5.74, 6) is -0.375. The summed E-state index contributed by atoms with van der Waals surface area (Å²) in [6.07, 6.45) is 6.01. The molecule has 0 bridgehead atoms. The Kier molecular flexibility index (Phi) is 5.00. The van der Waals surface area contributed by atoms with Crippen LogP contribution in [-0.4, -0.2) is 31.7 Å². The van der Waals surface area contributed by atoms with Gasteiger partial charge in [0, 0.05) is 31.3 Å². The van der Waals surface area contributed by atoms with E-state index in [-0.39, 0.29) is 29.8 Å². The van der Waals surface area contributed by atoms with Crippen molar-refractivity contribution in [1.82, 2.24) is 19.7 Å². The first-order valence-electron chi connectivity index (χ1n) is 9.62. The molecule has 1 aliphatic heterocycles. The Hall–Kier alpha value is -3.29. The van der Waals surface area contributed by atoms with Crippen LogP contribution in [0.3, 0.4) is 0 Å². The van der Waals surface area contributed by atoms with Crippen LogP contribution in [0.1, 0.15) is 38.3 Å². The Morgan fingerprint density at radius 2 is 1.97 bits per heavy atom. The number of aromatic nitrogens is 4. The average molecular weight is 394 g/mol. The average Bonchev–Trinajstić information content (AvgIpc) is 3.29. The second kappa shape index (κ2) is 7.62. The van der Waals surface area contributed by atoms with Crippen LogP contribution in [0, 0.1) is 5.82 Å². The summed E-state index contributed by atoms with van der Waals surface area (Å²) in [6.45, 7) is 3.88. The highest BCUT2D eigenvalue weighted by molar-refractivity contribution is 5.95. The maximum atomic E-state index is 14.3. The third-order valence-corrected chi connectivity index (χ3v) is 5.23. The van der Waals surface area contributed by atoms with E-state index >= 15 is 0 Å². The van der Waals surface area contributed by atoms with E-state index in [4.69, 9.17) is 0 Å². The molecule has 1 aromatic carbocycles. The summed E-state index contributed by atoms with van der Waals surface area (Å²) < 4.78 is 16.0. The van der Waals surface area contributed by atoms with Gasteiger partial charge in [-0.3, -0.25) is 14.4 Å². The standard InChI is InChI=1S/C21H23FN6O/c1-13-4-9-19(29)28(13)20-18(22)11-23-21(26-20)25-14(2)15-5-7-16(8-6-15)17-10-24-27(3)12-17/h5-8,10-14H,4,9H2,1-3H3,(H,23,25,26)/t13-,14-/m0/s1. The summed E-state index contributed by atoms with van der Waals surface area (Å²) in [4.78, 5) is 21.9. The van der Waals surface area contributed by atoms with E-state index in [2.05, 4.69) is 20.4 Å². The van der Waals surface area contributed by atoms with Gasteiger partial charge in [0.15, 0.2) is 11.6 Å². The minimum absolute atomic E-state index is 0.0385. The number of rotatable bonds is 5. The molecule has 1 aliphatic rings. The Labute approximate surface area is 168 Å². The molecule has 0 spiro atoms. The number of carbonyl (C=O) groups is 1. The molecule has 1 saturated heterocycles. The number of amides is 1. The minimum Gasteiger partial charge on any atom is -0.348 e. The predicted octanol–water partition coefficient (Wildman–Crippen LogP) is 3.70. The molecule has 0 saturated carbocycles. The van der Waals surface area contributed by atoms with Crippen LogP contribution in [-0.2, 0) is 11.8 Å². The highest BCUT2D eigenvalue weighted by Crippen LogP contribution is 2.28. The quantitative estimate of drug-likeness (QED) is 0.714. The van der Waals surface area contributed by atoms with Crippen LogP contribution < -0.4 is 10.2 Å². The summed E-state index contributed by atoms with van der Waals surface area (Å²) in [5.41, 5.74) is 3.17. The predicted molar refractivity (Wildman–Crippen MR) is 109 cm³/mol. The number of nitrogens with zero attached hydrogens (tertiary/aromatic N) is 5. The van der Waals surface area contributed by atoms with E-state index in [0.717, 1.165) is 22.9 Å². The number of benzene rings is 1. The second-order valence-corrected chi connectivity index (χ2v) is 7.41. The molecule has 3 aromatic rings. The Morgan fingerprint density at radius 3 is 2.59 bits per heavy atom. The maximum Gasteiger partial charge on any atom is 0.228 e. The van der Waals surface area contributed by atoms with Gasteiger partial charge >= 0.3 is 0 Å². The summed E-state index contributed by atoms with van der Waals surface area (Å²) >= 11 is 0. The molecule has 7 nitrogen and oxygen atoms in total. The number of aryl methyl sites for hydroxylation is 1. The van der Waals surface area contributed by atoms with Crippen LogP contribution in [0.25, 0.3) is 11.1 Å². The lowest BCUT2D eigenvalue weighted by molar-refractivity contribution is -0.117. The number of hydrogen-bond donors (Lipinski definition) is 1. The maximum absolute atomic E-state index is 14.3. The van der Waals surface area contributed by atoms with Gasteiger partial charge in [-0.25, -0.2) is 9.37 Å². The molecule has 4 rings (SSSR count). The molecule has 2 aromatic heterocycles. The molecule has 0 unspecified atom stereocenters. The van der Waals surface area contributed by atoms with Crippen LogP contribution in [0.4, 0.5) is 16.2 Å². The molecule has 29 heavy (non-hydrogen) atoms. The molecular formula is C21H23FN6O. The first-order valence-corrected chi connectivity index (χ1v) is 9.62. The van der Waals surface area contributed by atoms with Gasteiger partial charge in [-0.15, -0.1) is 0 Å². The van der Waals surface area contributed by atoms with Crippen molar-refractivity contribution in [3.8, 4) is 11.1 Å². The van der Waals surface area contributed by atoms with E-state index in [0.29, 0.717) is 12.8 Å². The van der Waals surface area contributed by atoms with E-state index in [9.17, 15) is 9.18 Å². The third-order valence-electron chi connectivity index (χ3n) is 5.23. The van der Waals surface area contributed by atoms with E-state index in [1.54, 1.807) is 4.68 Å². The lowest BCUT2D eigenvalue weighted by atomic mass is 10.0. The van der Waals surface area contributed by atoms with Crippen molar-refractivity contribution in [2.24, 2.45) is 7.05 Å². The van der Waals surface area contributed by atoms with Gasteiger partial charge in [0.2, 0.25) is 11.9 Å². The van der Waals surface area contributed by atoms with Crippen molar-refractivity contribution in [3.05, 3.63) is 54.2 Å². The van der Waals surface area contributed by atoms with Gasteiger partial charge in [0.05, 0.1) is 18.4 Å². The lowest BCUT2D eigenvalue weighted by Gasteiger charge is -2.22. The van der Waals surface area contributed by atoms with Crippen molar-refractivity contribution in [2.75, 3.05) is 10.2 Å². The van der Waals surface area contributed by atoms with E-state index < -0.39 is 5.82 Å². The van der Waals surface area contributed by atoms with Crippen LogP contribution in [0.15, 0.2) is 42.9 Å². The molecule has 2 atom stereocenters. The largest absolute Gasteiger partial charge is 0.348 e. The van der Waals surface area contributed by atoms with Gasteiger partial charge in [-0.2, -0.15) is 10.1 Å². The summed E-state index contributed by atoms with van der Waals surface area (Å²) in [5, 5.41) is 7.39. The number of hydrogen-bond acceptors (Lipinski definition) is 5. The highest BCUT2D eigenvalue weighted by Gasteiger charge is 2.32. The SMILES string of the molecule is C[C@H](Nc1ncc(F)c(N2C(=O)CC[C@@H]2C)n1)c1ccc(-c2cnn(C)c2)cc1. The van der Waals surface area contributed by atoms with E-state index in [1.807, 2.05) is 57.6 Å². The molecule has 150 valence electrons. The first kappa shape index (κ1) is 19.0. The molecule has 8 heteroatoms. The normalized spacial score (nSPS) is 17.6. The number of carbonyl (C=O) groups excluding carboxylic acids is 1. The van der Waals surface area contributed by atoms with E-state index in [1.165, 1.54) is 4.90 Å². The fourth-order valence-electron chi connectivity index (χ4n) is 3.56. The lowest BCUT2D eigenvalue weighted by Crippen LogP contribution is -2.32. The van der Waals surface area contributed by atoms with Gasteiger partial charge < -0.3 is 5.32 Å². The zero-order chi connectivity index (χ0) is 20.5. The first-order chi connectivity index (χ1) is 13.9. The molecule has 0 radical (unpaired) electrons. The van der Waals surface area contributed by atoms with Crippen molar-refractivity contribution in [1.29, 1.82) is 0 Å². The Morgan fingerprint density at radius 1 is 1.21 bits per heavy atom. The molecule has 1 amide bonds. The van der Waals surface area contributed by atoms with Crippen molar-refractivity contribution in [3.63, 3.8) is 0 Å². The van der Waals surface area contributed by atoms with Gasteiger partial charge in [-0.1, -0.05) is 24.3 Å². The van der Waals surface area contributed by atoms with Crippen molar-refractivity contribution < 1.29 is 9.18 Å². The fourth-order valence-corrected chi connectivity index (χ4v) is 3.56. The highest BCUT2D eigenvalue weighted by atomic mass is 19.1. The Balaban J connectivity index is 1.52. The third kappa shape index (κ3) is 3.83. The van der Waals surface area contributed by atoms with Gasteiger partial charge in [-0.05, 0) is 31.4 Å². The molecule has 1 N–H and O–H groups in total. The van der Waals surface area contributed by atoms with Crippen LogP contribution >= 0.6 is 0 Å². The van der Waals surface area contributed by atoms with Crippen LogP contribution in [0.5, 0.6) is 0 Å². The summed E-state index contributed by atoms with van der Waals surface area (Å²) in [7, 11) is 1.89. The molecular weight excluding hydrogens is 371 g/mol. The van der Waals surface area contributed by atoms with Gasteiger partial charge in [0.1, 0.15) is 0 Å². The molecule has 1 fully saturated rings. The smallest absolute Gasteiger partial charge is 0.228 e. The van der Waals surface area contributed by atoms with Crippen molar-refractivity contribution >= 4 is 17.7 Å². The number of nitrogens with one attached hydrogen (secondary N) is 1. The number of halogens is 1. The van der Waals surface area contributed by atoms with Crippen LogP contribution in [0.2, 0.25) is 0 Å².